The summed E-state index contributed by atoms with van der Waals surface area (Å²) in [5, 5.41) is 4.41. The molecule has 16 heavy (non-hydrogen) atoms. The molecule has 2 aromatic carbocycles. The third kappa shape index (κ3) is 2.43. The molecule has 0 aliphatic carbocycles. The Labute approximate surface area is 109 Å². The van der Waals surface area contributed by atoms with Gasteiger partial charge in [0.05, 0.1) is 20.8 Å². The summed E-state index contributed by atoms with van der Waals surface area (Å²) in [5.74, 6) is 0. The Balaban J connectivity index is 2.33. The second kappa shape index (κ2) is 4.96. The molecule has 0 saturated carbocycles. The van der Waals surface area contributed by atoms with Gasteiger partial charge < -0.3 is 5.32 Å². The van der Waals surface area contributed by atoms with Gasteiger partial charge in [0.1, 0.15) is 0 Å². The molecular formula is C12H8Cl3N. The minimum Gasteiger partial charge on any atom is -0.354 e. The highest BCUT2D eigenvalue weighted by Gasteiger charge is 2.08. The highest BCUT2D eigenvalue weighted by atomic mass is 35.5. The van der Waals surface area contributed by atoms with Crippen LogP contribution in [0.5, 0.6) is 0 Å². The lowest BCUT2D eigenvalue weighted by Crippen LogP contribution is -1.91. The highest BCUT2D eigenvalue weighted by molar-refractivity contribution is 6.49. The molecule has 0 spiro atoms. The molecule has 0 unspecified atom stereocenters. The van der Waals surface area contributed by atoms with E-state index in [2.05, 4.69) is 5.32 Å². The van der Waals surface area contributed by atoms with E-state index in [0.29, 0.717) is 15.1 Å². The van der Waals surface area contributed by atoms with Gasteiger partial charge in [-0.15, -0.1) is 0 Å². The van der Waals surface area contributed by atoms with Gasteiger partial charge in [-0.05, 0) is 24.3 Å². The van der Waals surface area contributed by atoms with E-state index in [1.165, 1.54) is 0 Å². The summed E-state index contributed by atoms with van der Waals surface area (Å²) < 4.78 is 0. The zero-order valence-electron chi connectivity index (χ0n) is 8.18. The lowest BCUT2D eigenvalue weighted by atomic mass is 10.2. The van der Waals surface area contributed by atoms with Gasteiger partial charge in [0.15, 0.2) is 0 Å². The van der Waals surface area contributed by atoms with E-state index in [4.69, 9.17) is 34.8 Å². The monoisotopic (exact) mass is 271 g/mol. The topological polar surface area (TPSA) is 12.0 Å². The molecule has 2 rings (SSSR count). The van der Waals surface area contributed by atoms with Crippen LogP contribution in [0.1, 0.15) is 0 Å². The number of benzene rings is 2. The molecule has 2 aromatic rings. The average molecular weight is 273 g/mol. The van der Waals surface area contributed by atoms with Gasteiger partial charge in [0.25, 0.3) is 0 Å². The molecule has 82 valence electrons. The van der Waals surface area contributed by atoms with Crippen LogP contribution in [0.3, 0.4) is 0 Å². The van der Waals surface area contributed by atoms with Crippen molar-refractivity contribution in [3.8, 4) is 0 Å². The number of nitrogens with one attached hydrogen (secondary N) is 1. The van der Waals surface area contributed by atoms with Gasteiger partial charge in [-0.1, -0.05) is 53.0 Å². The van der Waals surface area contributed by atoms with E-state index in [1.54, 1.807) is 12.1 Å². The van der Waals surface area contributed by atoms with Crippen LogP contribution in [0.25, 0.3) is 0 Å². The van der Waals surface area contributed by atoms with E-state index >= 15 is 0 Å². The number of hydrogen-bond donors (Lipinski definition) is 1. The zero-order valence-corrected chi connectivity index (χ0v) is 10.4. The van der Waals surface area contributed by atoms with Crippen molar-refractivity contribution in [1.29, 1.82) is 0 Å². The summed E-state index contributed by atoms with van der Waals surface area (Å²) in [6, 6.07) is 13.2. The lowest BCUT2D eigenvalue weighted by Gasteiger charge is -2.09. The maximum Gasteiger partial charge on any atom is 0.0842 e. The Morgan fingerprint density at radius 2 is 1.44 bits per heavy atom. The summed E-state index contributed by atoms with van der Waals surface area (Å²) in [6.07, 6.45) is 0. The summed E-state index contributed by atoms with van der Waals surface area (Å²) in [4.78, 5) is 0. The van der Waals surface area contributed by atoms with Gasteiger partial charge >= 0.3 is 0 Å². The molecule has 0 aliphatic rings. The molecule has 1 N–H and O–H groups in total. The third-order valence-corrected chi connectivity index (χ3v) is 3.38. The predicted molar refractivity (Wildman–Crippen MR) is 71.2 cm³/mol. The van der Waals surface area contributed by atoms with E-state index in [1.807, 2.05) is 30.3 Å². The van der Waals surface area contributed by atoms with Crippen LogP contribution >= 0.6 is 34.8 Å². The van der Waals surface area contributed by atoms with Crippen molar-refractivity contribution in [2.75, 3.05) is 5.32 Å². The van der Waals surface area contributed by atoms with Crippen LogP contribution in [0.15, 0.2) is 42.5 Å². The quantitative estimate of drug-likeness (QED) is 0.723. The van der Waals surface area contributed by atoms with Crippen molar-refractivity contribution < 1.29 is 0 Å². The fraction of sp³-hybridized carbons (Fsp3) is 0. The van der Waals surface area contributed by atoms with Crippen LogP contribution in [0.4, 0.5) is 11.4 Å². The molecule has 0 aromatic heterocycles. The maximum absolute atomic E-state index is 6.07. The molecule has 0 heterocycles. The average Bonchev–Trinajstić information content (AvgIpc) is 2.31. The van der Waals surface area contributed by atoms with Crippen molar-refractivity contribution in [3.05, 3.63) is 57.5 Å². The minimum absolute atomic E-state index is 0.365. The fourth-order valence-electron chi connectivity index (χ4n) is 1.30. The number of para-hydroxylation sites is 1. The number of anilines is 2. The summed E-state index contributed by atoms with van der Waals surface area (Å²) >= 11 is 17.9. The van der Waals surface area contributed by atoms with Crippen molar-refractivity contribution in [2.45, 2.75) is 0 Å². The normalized spacial score (nSPS) is 10.2. The standard InChI is InChI=1S/C12H8Cl3N/c13-9-6-7-10(12(15)11(9)14)16-8-4-2-1-3-5-8/h1-7,16H. The molecule has 0 amide bonds. The molecule has 0 aliphatic heterocycles. The molecule has 0 fully saturated rings. The first-order valence-corrected chi connectivity index (χ1v) is 5.77. The zero-order chi connectivity index (χ0) is 11.5. The minimum atomic E-state index is 0.365. The lowest BCUT2D eigenvalue weighted by molar-refractivity contribution is 1.55. The SMILES string of the molecule is Clc1ccc(Nc2ccccc2)c(Cl)c1Cl. The first-order chi connectivity index (χ1) is 7.68. The van der Waals surface area contributed by atoms with Crippen LogP contribution < -0.4 is 5.32 Å². The van der Waals surface area contributed by atoms with Crippen LogP contribution in [0, 0.1) is 0 Å². The number of rotatable bonds is 2. The summed E-state index contributed by atoms with van der Waals surface area (Å²) in [7, 11) is 0. The van der Waals surface area contributed by atoms with Crippen molar-refractivity contribution >= 4 is 46.2 Å². The predicted octanol–water partition coefficient (Wildman–Crippen LogP) is 5.39. The molecule has 1 nitrogen and oxygen atoms in total. The number of halogens is 3. The molecule has 0 radical (unpaired) electrons. The fourth-order valence-corrected chi connectivity index (χ4v) is 1.88. The number of hydrogen-bond acceptors (Lipinski definition) is 1. The van der Waals surface area contributed by atoms with E-state index in [9.17, 15) is 0 Å². The molecule has 0 atom stereocenters. The Hall–Kier alpha value is -0.890. The van der Waals surface area contributed by atoms with E-state index in [-0.39, 0.29) is 0 Å². The Morgan fingerprint density at radius 1 is 0.750 bits per heavy atom. The van der Waals surface area contributed by atoms with Crippen LogP contribution in [-0.2, 0) is 0 Å². The Kier molecular flexibility index (Phi) is 3.59. The largest absolute Gasteiger partial charge is 0.354 e. The van der Waals surface area contributed by atoms with Gasteiger partial charge in [-0.2, -0.15) is 0 Å². The first kappa shape index (κ1) is 11.6. The summed E-state index contributed by atoms with van der Waals surface area (Å²) in [6.45, 7) is 0. The van der Waals surface area contributed by atoms with Crippen molar-refractivity contribution in [2.24, 2.45) is 0 Å². The molecule has 0 saturated heterocycles. The van der Waals surface area contributed by atoms with E-state index < -0.39 is 0 Å². The second-order valence-electron chi connectivity index (χ2n) is 3.21. The molecular weight excluding hydrogens is 264 g/mol. The van der Waals surface area contributed by atoms with Gasteiger partial charge in [-0.3, -0.25) is 0 Å². The maximum atomic E-state index is 6.07. The Morgan fingerprint density at radius 3 is 2.12 bits per heavy atom. The van der Waals surface area contributed by atoms with Crippen molar-refractivity contribution in [3.63, 3.8) is 0 Å². The first-order valence-electron chi connectivity index (χ1n) is 4.64. The van der Waals surface area contributed by atoms with Gasteiger partial charge in [-0.25, -0.2) is 0 Å². The van der Waals surface area contributed by atoms with Crippen LogP contribution in [0.2, 0.25) is 15.1 Å². The molecule has 0 bridgehead atoms. The smallest absolute Gasteiger partial charge is 0.0842 e. The highest BCUT2D eigenvalue weighted by Crippen LogP contribution is 2.36. The van der Waals surface area contributed by atoms with Gasteiger partial charge in [0, 0.05) is 5.69 Å². The summed E-state index contributed by atoms with van der Waals surface area (Å²) in [5.41, 5.74) is 1.69. The van der Waals surface area contributed by atoms with E-state index in [0.717, 1.165) is 11.4 Å². The second-order valence-corrected chi connectivity index (χ2v) is 4.38. The third-order valence-electron chi connectivity index (χ3n) is 2.09. The molecule has 4 heteroatoms. The van der Waals surface area contributed by atoms with Crippen LogP contribution in [-0.4, -0.2) is 0 Å². The Bertz CT molecular complexity index is 497. The van der Waals surface area contributed by atoms with Gasteiger partial charge in [0.2, 0.25) is 0 Å². The van der Waals surface area contributed by atoms with Crippen molar-refractivity contribution in [1.82, 2.24) is 0 Å².